The molecule has 2 rings (SSSR count). The number of hydrogen-bond donors (Lipinski definition) is 1. The van der Waals surface area contributed by atoms with Gasteiger partial charge in [-0.05, 0) is 26.8 Å². The van der Waals surface area contributed by atoms with Gasteiger partial charge in [0.05, 0.1) is 4.92 Å². The lowest BCUT2D eigenvalue weighted by Gasteiger charge is -2.13. The number of rotatable bonds is 5. The molecule has 1 unspecified atom stereocenters. The molecule has 1 atom stereocenters. The van der Waals surface area contributed by atoms with Crippen LogP contribution in [0.4, 0.5) is 5.69 Å². The summed E-state index contributed by atoms with van der Waals surface area (Å²) in [5.74, 6) is 1.75. The van der Waals surface area contributed by atoms with Gasteiger partial charge in [0, 0.05) is 29.8 Å². The predicted molar refractivity (Wildman–Crippen MR) is 76.5 cm³/mol. The number of nitrogens with zero attached hydrogens (tertiary/aromatic N) is 1. The van der Waals surface area contributed by atoms with Gasteiger partial charge in [-0.15, -0.1) is 0 Å². The van der Waals surface area contributed by atoms with E-state index in [-0.39, 0.29) is 16.7 Å². The molecule has 0 bridgehead atoms. The maximum absolute atomic E-state index is 11.0. The third-order valence-corrected chi connectivity index (χ3v) is 3.33. The van der Waals surface area contributed by atoms with E-state index in [0.29, 0.717) is 12.1 Å². The van der Waals surface area contributed by atoms with Gasteiger partial charge >= 0.3 is 0 Å². The highest BCUT2D eigenvalue weighted by Crippen LogP contribution is 2.23. The van der Waals surface area contributed by atoms with Crippen LogP contribution in [0.3, 0.4) is 0 Å². The van der Waals surface area contributed by atoms with Crippen molar-refractivity contribution in [3.05, 3.63) is 63.1 Å². The monoisotopic (exact) mass is 274 g/mol. The second-order valence-corrected chi connectivity index (χ2v) is 4.86. The summed E-state index contributed by atoms with van der Waals surface area (Å²) in [6, 6.07) is 8.84. The fourth-order valence-corrected chi connectivity index (χ4v) is 2.29. The van der Waals surface area contributed by atoms with Crippen LogP contribution in [0.1, 0.15) is 35.6 Å². The lowest BCUT2D eigenvalue weighted by Crippen LogP contribution is -2.18. The third kappa shape index (κ3) is 3.05. The van der Waals surface area contributed by atoms with E-state index in [2.05, 4.69) is 5.32 Å². The van der Waals surface area contributed by atoms with E-state index in [0.717, 1.165) is 17.1 Å². The fourth-order valence-electron chi connectivity index (χ4n) is 2.29. The van der Waals surface area contributed by atoms with Gasteiger partial charge in [-0.25, -0.2) is 0 Å². The van der Waals surface area contributed by atoms with E-state index in [1.807, 2.05) is 32.9 Å². The van der Waals surface area contributed by atoms with Crippen LogP contribution in [0.5, 0.6) is 0 Å². The molecular formula is C15H18N2O3. The topological polar surface area (TPSA) is 68.3 Å². The van der Waals surface area contributed by atoms with E-state index in [1.165, 1.54) is 6.07 Å². The molecule has 0 amide bonds. The zero-order chi connectivity index (χ0) is 14.7. The van der Waals surface area contributed by atoms with Crippen molar-refractivity contribution in [2.45, 2.75) is 33.4 Å². The molecule has 5 heteroatoms. The average molecular weight is 274 g/mol. The molecule has 0 radical (unpaired) electrons. The Balaban J connectivity index is 2.09. The van der Waals surface area contributed by atoms with Crippen molar-refractivity contribution in [1.29, 1.82) is 0 Å². The number of nitrogens with one attached hydrogen (secondary N) is 1. The molecule has 0 saturated carbocycles. The quantitative estimate of drug-likeness (QED) is 0.667. The van der Waals surface area contributed by atoms with E-state index < -0.39 is 0 Å². The molecule has 0 fully saturated rings. The molecule has 0 saturated heterocycles. The molecule has 0 aliphatic rings. The van der Waals surface area contributed by atoms with Crippen LogP contribution in [-0.4, -0.2) is 4.92 Å². The number of aryl methyl sites for hydroxylation is 2. The summed E-state index contributed by atoms with van der Waals surface area (Å²) in [6.45, 7) is 6.30. The summed E-state index contributed by atoms with van der Waals surface area (Å²) in [5.41, 5.74) is 1.91. The Bertz CT molecular complexity index is 619. The van der Waals surface area contributed by atoms with E-state index in [1.54, 1.807) is 12.1 Å². The Morgan fingerprint density at radius 2 is 2.05 bits per heavy atom. The summed E-state index contributed by atoms with van der Waals surface area (Å²) in [4.78, 5) is 10.6. The number of furan rings is 1. The number of nitro benzene ring substituents is 1. The summed E-state index contributed by atoms with van der Waals surface area (Å²) in [7, 11) is 0. The molecule has 106 valence electrons. The first-order valence-corrected chi connectivity index (χ1v) is 6.51. The Hall–Kier alpha value is -2.14. The number of para-hydroxylation sites is 1. The summed E-state index contributed by atoms with van der Waals surface area (Å²) < 4.78 is 5.50. The summed E-state index contributed by atoms with van der Waals surface area (Å²) in [6.07, 6.45) is 0. The largest absolute Gasteiger partial charge is 0.466 e. The van der Waals surface area contributed by atoms with Crippen molar-refractivity contribution < 1.29 is 9.34 Å². The Morgan fingerprint density at radius 3 is 2.65 bits per heavy atom. The van der Waals surface area contributed by atoms with E-state index in [4.69, 9.17) is 4.42 Å². The normalized spacial score (nSPS) is 12.3. The first-order valence-electron chi connectivity index (χ1n) is 6.51. The van der Waals surface area contributed by atoms with Crippen LogP contribution in [0, 0.1) is 24.0 Å². The molecule has 0 aliphatic heterocycles. The van der Waals surface area contributed by atoms with Gasteiger partial charge in [-0.1, -0.05) is 18.2 Å². The summed E-state index contributed by atoms with van der Waals surface area (Å²) >= 11 is 0. The third-order valence-electron chi connectivity index (χ3n) is 3.33. The molecule has 5 nitrogen and oxygen atoms in total. The van der Waals surface area contributed by atoms with Crippen LogP contribution in [-0.2, 0) is 6.54 Å². The van der Waals surface area contributed by atoms with E-state index >= 15 is 0 Å². The lowest BCUT2D eigenvalue weighted by molar-refractivity contribution is -0.385. The maximum atomic E-state index is 11.0. The number of benzene rings is 1. The summed E-state index contributed by atoms with van der Waals surface area (Å²) in [5, 5.41) is 14.3. The first kappa shape index (κ1) is 14.3. The van der Waals surface area contributed by atoms with Gasteiger partial charge in [0.1, 0.15) is 11.5 Å². The second kappa shape index (κ2) is 5.88. The zero-order valence-electron chi connectivity index (χ0n) is 11.8. The lowest BCUT2D eigenvalue weighted by atomic mass is 10.1. The number of hydrogen-bond acceptors (Lipinski definition) is 4. The Kier molecular flexibility index (Phi) is 4.20. The fraction of sp³-hybridized carbons (Fsp3) is 0.333. The SMILES string of the molecule is Cc1cc(C(C)NCc2ccccc2[N+](=O)[O-])c(C)o1. The smallest absolute Gasteiger partial charge is 0.273 e. The number of nitro groups is 1. The van der Waals surface area contributed by atoms with Crippen LogP contribution in [0.25, 0.3) is 0 Å². The zero-order valence-corrected chi connectivity index (χ0v) is 11.8. The minimum Gasteiger partial charge on any atom is -0.466 e. The second-order valence-electron chi connectivity index (χ2n) is 4.86. The Labute approximate surface area is 117 Å². The molecule has 2 aromatic rings. The average Bonchev–Trinajstić information content (AvgIpc) is 2.75. The van der Waals surface area contributed by atoms with Crippen molar-refractivity contribution >= 4 is 5.69 Å². The van der Waals surface area contributed by atoms with Gasteiger partial charge in [0.25, 0.3) is 5.69 Å². The standard InChI is InChI=1S/C15H18N2O3/c1-10-8-14(12(3)20-10)11(2)16-9-13-6-4-5-7-15(13)17(18)19/h4-8,11,16H,9H2,1-3H3. The van der Waals surface area contributed by atoms with Crippen molar-refractivity contribution in [3.63, 3.8) is 0 Å². The van der Waals surface area contributed by atoms with Crippen LogP contribution in [0.15, 0.2) is 34.7 Å². The molecule has 1 N–H and O–H groups in total. The van der Waals surface area contributed by atoms with Crippen LogP contribution >= 0.6 is 0 Å². The molecule has 1 heterocycles. The van der Waals surface area contributed by atoms with Crippen molar-refractivity contribution in [2.75, 3.05) is 0 Å². The van der Waals surface area contributed by atoms with Crippen molar-refractivity contribution in [3.8, 4) is 0 Å². The molecule has 1 aromatic carbocycles. The first-order chi connectivity index (χ1) is 9.49. The Morgan fingerprint density at radius 1 is 1.35 bits per heavy atom. The van der Waals surface area contributed by atoms with E-state index in [9.17, 15) is 10.1 Å². The highest BCUT2D eigenvalue weighted by Gasteiger charge is 2.15. The molecule has 0 aliphatic carbocycles. The van der Waals surface area contributed by atoms with Crippen LogP contribution < -0.4 is 5.32 Å². The maximum Gasteiger partial charge on any atom is 0.273 e. The molecule has 20 heavy (non-hydrogen) atoms. The minimum atomic E-state index is -0.352. The predicted octanol–water partition coefficient (Wildman–Crippen LogP) is 3.66. The van der Waals surface area contributed by atoms with Crippen molar-refractivity contribution in [2.24, 2.45) is 0 Å². The van der Waals surface area contributed by atoms with Crippen LogP contribution in [0.2, 0.25) is 0 Å². The molecular weight excluding hydrogens is 256 g/mol. The van der Waals surface area contributed by atoms with Gasteiger partial charge in [-0.3, -0.25) is 10.1 Å². The van der Waals surface area contributed by atoms with Gasteiger partial charge in [0.2, 0.25) is 0 Å². The highest BCUT2D eigenvalue weighted by atomic mass is 16.6. The van der Waals surface area contributed by atoms with Gasteiger partial charge < -0.3 is 9.73 Å². The minimum absolute atomic E-state index is 0.0762. The van der Waals surface area contributed by atoms with Gasteiger partial charge in [-0.2, -0.15) is 0 Å². The van der Waals surface area contributed by atoms with Gasteiger partial charge in [0.15, 0.2) is 0 Å². The highest BCUT2D eigenvalue weighted by molar-refractivity contribution is 5.39. The molecule has 1 aromatic heterocycles. The molecule has 0 spiro atoms. The van der Waals surface area contributed by atoms with Crippen molar-refractivity contribution in [1.82, 2.24) is 5.32 Å².